The Morgan fingerprint density at radius 2 is 1.89 bits per heavy atom. The van der Waals surface area contributed by atoms with E-state index in [1.165, 1.54) is 6.20 Å². The van der Waals surface area contributed by atoms with Crippen molar-refractivity contribution < 1.29 is 17.6 Å². The molecule has 0 radical (unpaired) electrons. The number of oxazole rings is 1. The Morgan fingerprint density at radius 1 is 1.07 bits per heavy atom. The summed E-state index contributed by atoms with van der Waals surface area (Å²) in [6, 6.07) is 6.80. The molecule has 0 saturated carbocycles. The summed E-state index contributed by atoms with van der Waals surface area (Å²) in [4.78, 5) is 22.0. The van der Waals surface area contributed by atoms with Crippen LogP contribution in [0.1, 0.15) is 5.56 Å². The van der Waals surface area contributed by atoms with Crippen molar-refractivity contribution in [2.45, 2.75) is 6.92 Å². The summed E-state index contributed by atoms with van der Waals surface area (Å²) in [6.07, 6.45) is 1.48. The van der Waals surface area contributed by atoms with Gasteiger partial charge < -0.3 is 15.1 Å². The minimum atomic E-state index is -1.59. The smallest absolute Gasteiger partial charge is 0.408 e. The first-order valence-corrected chi connectivity index (χ1v) is 8.05. The number of rotatable bonds is 4. The van der Waals surface area contributed by atoms with Crippen molar-refractivity contribution in [1.82, 2.24) is 15.0 Å². The summed E-state index contributed by atoms with van der Waals surface area (Å²) in [5, 5.41) is 5.57. The van der Waals surface area contributed by atoms with E-state index in [9.17, 15) is 18.0 Å². The Kier molecular flexibility index (Phi) is 4.22. The average molecular weight is 387 g/mol. The number of nitrogens with zero attached hydrogens (tertiary/aromatic N) is 2. The second-order valence-corrected chi connectivity index (χ2v) is 5.92. The molecule has 2 aromatic carbocycles. The van der Waals surface area contributed by atoms with Gasteiger partial charge >= 0.3 is 5.76 Å². The number of nitrogens with one attached hydrogen (secondary N) is 3. The maximum Gasteiger partial charge on any atom is 0.417 e. The number of aromatic nitrogens is 3. The zero-order valence-corrected chi connectivity index (χ0v) is 14.3. The van der Waals surface area contributed by atoms with Gasteiger partial charge in [-0.1, -0.05) is 0 Å². The second-order valence-electron chi connectivity index (χ2n) is 5.92. The van der Waals surface area contributed by atoms with E-state index in [0.29, 0.717) is 28.2 Å². The lowest BCUT2D eigenvalue weighted by atomic mass is 10.2. The second kappa shape index (κ2) is 6.72. The van der Waals surface area contributed by atoms with Crippen LogP contribution in [0.5, 0.6) is 0 Å². The van der Waals surface area contributed by atoms with Crippen LogP contribution >= 0.6 is 0 Å². The molecular formula is C18H12F3N5O2. The van der Waals surface area contributed by atoms with E-state index in [2.05, 4.69) is 25.6 Å². The molecule has 0 aliphatic rings. The SMILES string of the molecule is Cc1cnc(Nc2ccc(F)c(F)c2F)nc1Nc1ccc2oc(=O)[nH]c2c1. The quantitative estimate of drug-likeness (QED) is 0.456. The number of hydrogen-bond acceptors (Lipinski definition) is 6. The Labute approximate surface area is 155 Å². The van der Waals surface area contributed by atoms with Gasteiger partial charge in [-0.15, -0.1) is 0 Å². The summed E-state index contributed by atoms with van der Waals surface area (Å²) in [5.74, 6) is -4.43. The molecule has 28 heavy (non-hydrogen) atoms. The zero-order chi connectivity index (χ0) is 19.8. The minimum Gasteiger partial charge on any atom is -0.408 e. The number of aromatic amines is 1. The third-order valence-electron chi connectivity index (χ3n) is 3.94. The maximum atomic E-state index is 13.8. The Bertz CT molecular complexity index is 1250. The number of benzene rings is 2. The van der Waals surface area contributed by atoms with Gasteiger partial charge in [0.05, 0.1) is 11.2 Å². The molecule has 0 aliphatic heterocycles. The van der Waals surface area contributed by atoms with Gasteiger partial charge in [-0.25, -0.2) is 22.9 Å². The molecule has 10 heteroatoms. The number of fused-ring (bicyclic) bond motifs is 1. The van der Waals surface area contributed by atoms with Gasteiger partial charge in [0.25, 0.3) is 0 Å². The highest BCUT2D eigenvalue weighted by Crippen LogP contribution is 2.25. The molecule has 2 aromatic heterocycles. The highest BCUT2D eigenvalue weighted by molar-refractivity contribution is 5.78. The van der Waals surface area contributed by atoms with Gasteiger partial charge in [-0.3, -0.25) is 4.98 Å². The van der Waals surface area contributed by atoms with Gasteiger partial charge in [-0.2, -0.15) is 4.98 Å². The predicted molar refractivity (Wildman–Crippen MR) is 96.5 cm³/mol. The maximum absolute atomic E-state index is 13.8. The van der Waals surface area contributed by atoms with E-state index in [-0.39, 0.29) is 11.6 Å². The average Bonchev–Trinajstić information content (AvgIpc) is 3.04. The van der Waals surface area contributed by atoms with Crippen LogP contribution < -0.4 is 16.4 Å². The van der Waals surface area contributed by atoms with Crippen LogP contribution in [0.25, 0.3) is 11.1 Å². The van der Waals surface area contributed by atoms with Crippen LogP contribution in [0.4, 0.5) is 36.3 Å². The first-order chi connectivity index (χ1) is 13.4. The van der Waals surface area contributed by atoms with Crippen LogP contribution in [0.2, 0.25) is 0 Å². The lowest BCUT2D eigenvalue weighted by molar-refractivity contribution is 0.449. The highest BCUT2D eigenvalue weighted by atomic mass is 19.2. The normalized spacial score (nSPS) is 11.0. The molecule has 0 saturated heterocycles. The Hall–Kier alpha value is -3.82. The first kappa shape index (κ1) is 17.6. The third-order valence-corrected chi connectivity index (χ3v) is 3.94. The van der Waals surface area contributed by atoms with Crippen LogP contribution in [0.15, 0.2) is 45.7 Å². The molecular weight excluding hydrogens is 375 g/mol. The third kappa shape index (κ3) is 3.27. The molecule has 0 spiro atoms. The molecule has 0 atom stereocenters. The molecule has 4 aromatic rings. The molecule has 0 bridgehead atoms. The summed E-state index contributed by atoms with van der Waals surface area (Å²) < 4.78 is 45.2. The zero-order valence-electron chi connectivity index (χ0n) is 14.3. The summed E-state index contributed by atoms with van der Waals surface area (Å²) >= 11 is 0. The van der Waals surface area contributed by atoms with Crippen molar-refractivity contribution in [1.29, 1.82) is 0 Å². The van der Waals surface area contributed by atoms with Crippen LogP contribution in [-0.2, 0) is 0 Å². The fraction of sp³-hybridized carbons (Fsp3) is 0.0556. The van der Waals surface area contributed by atoms with Crippen molar-refractivity contribution in [2.24, 2.45) is 0 Å². The summed E-state index contributed by atoms with van der Waals surface area (Å²) in [5.41, 5.74) is 1.90. The van der Waals surface area contributed by atoms with Crippen molar-refractivity contribution in [3.63, 3.8) is 0 Å². The van der Waals surface area contributed by atoms with E-state index in [1.807, 2.05) is 0 Å². The first-order valence-electron chi connectivity index (χ1n) is 8.05. The van der Waals surface area contributed by atoms with Gasteiger partial charge in [0.2, 0.25) is 5.95 Å². The molecule has 0 unspecified atom stereocenters. The molecule has 142 valence electrons. The summed E-state index contributed by atoms with van der Waals surface area (Å²) in [7, 11) is 0. The molecule has 2 heterocycles. The van der Waals surface area contributed by atoms with Gasteiger partial charge in [0.15, 0.2) is 23.0 Å². The van der Waals surface area contributed by atoms with E-state index < -0.39 is 23.2 Å². The van der Waals surface area contributed by atoms with E-state index in [1.54, 1.807) is 25.1 Å². The fourth-order valence-electron chi connectivity index (χ4n) is 2.54. The number of anilines is 4. The number of halogens is 3. The van der Waals surface area contributed by atoms with Gasteiger partial charge in [0.1, 0.15) is 5.82 Å². The Balaban J connectivity index is 1.63. The fourth-order valence-corrected chi connectivity index (χ4v) is 2.54. The van der Waals surface area contributed by atoms with Crippen molar-refractivity contribution in [2.75, 3.05) is 10.6 Å². The van der Waals surface area contributed by atoms with Gasteiger partial charge in [0, 0.05) is 17.4 Å². The van der Waals surface area contributed by atoms with Crippen LogP contribution in [-0.4, -0.2) is 15.0 Å². The van der Waals surface area contributed by atoms with E-state index >= 15 is 0 Å². The van der Waals surface area contributed by atoms with Crippen molar-refractivity contribution >= 4 is 34.2 Å². The standard InChI is InChI=1S/C18H12F3N5O2/c1-8-7-22-17(24-11-4-3-10(19)14(20)15(11)21)26-16(8)23-9-2-5-13-12(6-9)25-18(27)28-13/h2-7H,1H3,(H,25,27)(H2,22,23,24,26). The lowest BCUT2D eigenvalue weighted by Crippen LogP contribution is -2.05. The monoisotopic (exact) mass is 387 g/mol. The predicted octanol–water partition coefficient (Wildman–Crippen LogP) is 4.12. The molecule has 0 fully saturated rings. The lowest BCUT2D eigenvalue weighted by Gasteiger charge is -2.11. The van der Waals surface area contributed by atoms with Gasteiger partial charge in [-0.05, 0) is 37.3 Å². The number of H-pyrrole nitrogens is 1. The molecule has 0 aliphatic carbocycles. The van der Waals surface area contributed by atoms with E-state index in [4.69, 9.17) is 4.42 Å². The number of aryl methyl sites for hydroxylation is 1. The molecule has 0 amide bonds. The summed E-state index contributed by atoms with van der Waals surface area (Å²) in [6.45, 7) is 1.75. The Morgan fingerprint density at radius 3 is 2.71 bits per heavy atom. The minimum absolute atomic E-state index is 0.0178. The number of hydrogen-bond donors (Lipinski definition) is 3. The van der Waals surface area contributed by atoms with E-state index in [0.717, 1.165) is 12.1 Å². The van der Waals surface area contributed by atoms with Crippen molar-refractivity contribution in [3.8, 4) is 0 Å². The largest absolute Gasteiger partial charge is 0.417 e. The molecule has 4 rings (SSSR count). The highest BCUT2D eigenvalue weighted by Gasteiger charge is 2.15. The van der Waals surface area contributed by atoms with Crippen LogP contribution in [0, 0.1) is 24.4 Å². The van der Waals surface area contributed by atoms with Crippen molar-refractivity contribution in [3.05, 3.63) is 70.1 Å². The van der Waals surface area contributed by atoms with Crippen LogP contribution in [0.3, 0.4) is 0 Å². The molecule has 3 N–H and O–H groups in total. The molecule has 7 nitrogen and oxygen atoms in total. The topological polar surface area (TPSA) is 95.8 Å².